The maximum absolute atomic E-state index is 14.0. The van der Waals surface area contributed by atoms with E-state index in [1.807, 2.05) is 4.90 Å². The summed E-state index contributed by atoms with van der Waals surface area (Å²) in [6.07, 6.45) is 5.09. The van der Waals surface area contributed by atoms with Crippen molar-refractivity contribution < 1.29 is 4.39 Å². The van der Waals surface area contributed by atoms with Gasteiger partial charge in [0.25, 0.3) is 0 Å². The third kappa shape index (κ3) is 4.63. The molecule has 7 heteroatoms. The van der Waals surface area contributed by atoms with Gasteiger partial charge in [0.1, 0.15) is 0 Å². The molecule has 3 heterocycles. The number of likely N-dealkylation sites (tertiary alicyclic amines) is 1. The zero-order chi connectivity index (χ0) is 18.4. The summed E-state index contributed by atoms with van der Waals surface area (Å²) in [6, 6.07) is 3.90. The van der Waals surface area contributed by atoms with Crippen molar-refractivity contribution in [3.8, 4) is 0 Å². The third-order valence-electron chi connectivity index (χ3n) is 5.28. The van der Waals surface area contributed by atoms with Crippen LogP contribution in [0.5, 0.6) is 0 Å². The summed E-state index contributed by atoms with van der Waals surface area (Å²) in [5.74, 6) is 1.06. The molecule has 0 aromatic carbocycles. The molecular weight excluding hydrogens is 331 g/mol. The van der Waals surface area contributed by atoms with E-state index in [2.05, 4.69) is 34.4 Å². The summed E-state index contributed by atoms with van der Waals surface area (Å²) in [4.78, 5) is 13.5. The standard InChI is InChI=1S/C19H31FN6/c1-3-21-19(23-13-16-7-6-11-25(16)4-2)24-15-9-12-26(14-15)18-17(20)8-5-10-22-18/h5,8,10,15-16H,3-4,6-7,9,11-14H2,1-2H3,(H2,21,23,24). The summed E-state index contributed by atoms with van der Waals surface area (Å²) in [7, 11) is 0. The fraction of sp³-hybridized carbons (Fsp3) is 0.684. The molecule has 2 aliphatic heterocycles. The molecule has 6 nitrogen and oxygen atoms in total. The lowest BCUT2D eigenvalue weighted by Gasteiger charge is -2.23. The Morgan fingerprint density at radius 1 is 1.35 bits per heavy atom. The molecule has 1 aromatic heterocycles. The molecule has 1 aromatic rings. The molecule has 2 atom stereocenters. The molecule has 0 bridgehead atoms. The van der Waals surface area contributed by atoms with Crippen molar-refractivity contribution in [1.82, 2.24) is 20.5 Å². The number of nitrogens with one attached hydrogen (secondary N) is 2. The van der Waals surface area contributed by atoms with Crippen LogP contribution in [-0.4, -0.2) is 67.2 Å². The van der Waals surface area contributed by atoms with Crippen molar-refractivity contribution in [3.63, 3.8) is 0 Å². The van der Waals surface area contributed by atoms with Crippen molar-refractivity contribution in [2.75, 3.05) is 44.2 Å². The van der Waals surface area contributed by atoms with E-state index >= 15 is 0 Å². The molecule has 2 unspecified atom stereocenters. The highest BCUT2D eigenvalue weighted by molar-refractivity contribution is 5.80. The number of hydrogen-bond acceptors (Lipinski definition) is 4. The van der Waals surface area contributed by atoms with E-state index in [1.165, 1.54) is 25.5 Å². The first kappa shape index (κ1) is 18.9. The van der Waals surface area contributed by atoms with Gasteiger partial charge in [0, 0.05) is 37.9 Å². The number of anilines is 1. The predicted molar refractivity (Wildman–Crippen MR) is 104 cm³/mol. The van der Waals surface area contributed by atoms with Gasteiger partial charge in [0.05, 0.1) is 6.54 Å². The van der Waals surface area contributed by atoms with Gasteiger partial charge in [-0.15, -0.1) is 0 Å². The topological polar surface area (TPSA) is 55.8 Å². The van der Waals surface area contributed by atoms with Gasteiger partial charge in [-0.1, -0.05) is 6.92 Å². The van der Waals surface area contributed by atoms with Crippen LogP contribution in [0.2, 0.25) is 0 Å². The highest BCUT2D eigenvalue weighted by atomic mass is 19.1. The van der Waals surface area contributed by atoms with Crippen molar-refractivity contribution >= 4 is 11.8 Å². The minimum atomic E-state index is -0.255. The minimum Gasteiger partial charge on any atom is -0.357 e. The molecule has 26 heavy (non-hydrogen) atoms. The van der Waals surface area contributed by atoms with Crippen LogP contribution in [0.3, 0.4) is 0 Å². The van der Waals surface area contributed by atoms with E-state index in [0.29, 0.717) is 11.9 Å². The molecule has 3 rings (SSSR count). The largest absolute Gasteiger partial charge is 0.357 e. The highest BCUT2D eigenvalue weighted by Gasteiger charge is 2.26. The van der Waals surface area contributed by atoms with Crippen molar-refractivity contribution in [2.45, 2.75) is 45.2 Å². The first-order valence-electron chi connectivity index (χ1n) is 9.85. The van der Waals surface area contributed by atoms with Crippen LogP contribution in [0.15, 0.2) is 23.3 Å². The molecule has 0 spiro atoms. The lowest BCUT2D eigenvalue weighted by molar-refractivity contribution is 0.273. The zero-order valence-electron chi connectivity index (χ0n) is 15.9. The molecular formula is C19H31FN6. The van der Waals surface area contributed by atoms with Crippen LogP contribution < -0.4 is 15.5 Å². The van der Waals surface area contributed by atoms with Gasteiger partial charge in [0.2, 0.25) is 0 Å². The Kier molecular flexibility index (Phi) is 6.66. The Morgan fingerprint density at radius 2 is 2.23 bits per heavy atom. The molecule has 0 amide bonds. The van der Waals surface area contributed by atoms with Crippen molar-refractivity contribution in [3.05, 3.63) is 24.1 Å². The molecule has 0 saturated carbocycles. The molecule has 0 aliphatic carbocycles. The molecule has 2 N–H and O–H groups in total. The Balaban J connectivity index is 1.56. The first-order chi connectivity index (χ1) is 12.7. The summed E-state index contributed by atoms with van der Waals surface area (Å²) >= 11 is 0. The summed E-state index contributed by atoms with van der Waals surface area (Å²) < 4.78 is 14.0. The second-order valence-corrected chi connectivity index (χ2v) is 7.03. The van der Waals surface area contributed by atoms with Crippen LogP contribution >= 0.6 is 0 Å². The fourth-order valence-corrected chi connectivity index (χ4v) is 3.91. The van der Waals surface area contributed by atoms with Gasteiger partial charge in [-0.25, -0.2) is 9.37 Å². The Bertz CT molecular complexity index is 607. The number of halogens is 1. The van der Waals surface area contributed by atoms with Crippen molar-refractivity contribution in [1.29, 1.82) is 0 Å². The third-order valence-corrected chi connectivity index (χ3v) is 5.28. The highest BCUT2D eigenvalue weighted by Crippen LogP contribution is 2.21. The number of aromatic nitrogens is 1. The van der Waals surface area contributed by atoms with Crippen LogP contribution in [0.1, 0.15) is 33.1 Å². The zero-order valence-corrected chi connectivity index (χ0v) is 15.9. The van der Waals surface area contributed by atoms with E-state index in [-0.39, 0.29) is 11.9 Å². The van der Waals surface area contributed by atoms with Crippen LogP contribution in [0, 0.1) is 5.82 Å². The number of likely N-dealkylation sites (N-methyl/N-ethyl adjacent to an activating group) is 1. The molecule has 0 radical (unpaired) electrons. The van der Waals surface area contributed by atoms with Gasteiger partial charge in [-0.2, -0.15) is 0 Å². The predicted octanol–water partition coefficient (Wildman–Crippen LogP) is 1.84. The van der Waals surface area contributed by atoms with E-state index in [0.717, 1.165) is 45.1 Å². The van der Waals surface area contributed by atoms with Crippen LogP contribution in [-0.2, 0) is 0 Å². The summed E-state index contributed by atoms with van der Waals surface area (Å²) in [5.41, 5.74) is 0. The SMILES string of the molecule is CCNC(=NCC1CCCN1CC)NC1CCN(c2ncccc2F)C1. The lowest BCUT2D eigenvalue weighted by atomic mass is 10.2. The number of pyridine rings is 1. The Morgan fingerprint density at radius 3 is 3.00 bits per heavy atom. The minimum absolute atomic E-state index is 0.250. The first-order valence-corrected chi connectivity index (χ1v) is 9.85. The number of rotatable bonds is 6. The molecule has 2 saturated heterocycles. The lowest BCUT2D eigenvalue weighted by Crippen LogP contribution is -2.45. The normalized spacial score (nSPS) is 24.3. The second-order valence-electron chi connectivity index (χ2n) is 7.03. The quantitative estimate of drug-likeness (QED) is 0.597. The summed E-state index contributed by atoms with van der Waals surface area (Å²) in [6.45, 7) is 9.78. The average Bonchev–Trinajstić information content (AvgIpc) is 3.29. The van der Waals surface area contributed by atoms with Gasteiger partial charge in [0.15, 0.2) is 17.6 Å². The second kappa shape index (κ2) is 9.16. The molecule has 144 valence electrons. The Labute approximate surface area is 155 Å². The maximum atomic E-state index is 14.0. The van der Waals surface area contributed by atoms with Gasteiger partial charge < -0.3 is 15.5 Å². The number of nitrogens with zero attached hydrogens (tertiary/aromatic N) is 4. The Hall–Kier alpha value is -1.89. The monoisotopic (exact) mass is 362 g/mol. The number of hydrogen-bond donors (Lipinski definition) is 2. The average molecular weight is 362 g/mol. The summed E-state index contributed by atoms with van der Waals surface area (Å²) in [5, 5.41) is 6.87. The number of aliphatic imine (C=N–C) groups is 1. The van der Waals surface area contributed by atoms with E-state index in [4.69, 9.17) is 4.99 Å². The van der Waals surface area contributed by atoms with Gasteiger partial charge in [-0.3, -0.25) is 9.89 Å². The fourth-order valence-electron chi connectivity index (χ4n) is 3.91. The number of guanidine groups is 1. The van der Waals surface area contributed by atoms with E-state index < -0.39 is 0 Å². The smallest absolute Gasteiger partial charge is 0.191 e. The van der Waals surface area contributed by atoms with Crippen LogP contribution in [0.4, 0.5) is 10.2 Å². The van der Waals surface area contributed by atoms with Gasteiger partial charge in [-0.05, 0) is 51.4 Å². The van der Waals surface area contributed by atoms with Crippen LogP contribution in [0.25, 0.3) is 0 Å². The molecule has 2 aliphatic rings. The van der Waals surface area contributed by atoms with E-state index in [9.17, 15) is 4.39 Å². The van der Waals surface area contributed by atoms with Gasteiger partial charge >= 0.3 is 0 Å². The van der Waals surface area contributed by atoms with Crippen molar-refractivity contribution in [2.24, 2.45) is 4.99 Å². The molecule has 2 fully saturated rings. The maximum Gasteiger partial charge on any atom is 0.191 e. The van der Waals surface area contributed by atoms with E-state index in [1.54, 1.807) is 12.3 Å².